The molecule has 1 fully saturated rings. The fourth-order valence-electron chi connectivity index (χ4n) is 2.20. The van der Waals surface area contributed by atoms with Crippen molar-refractivity contribution in [2.24, 2.45) is 0 Å². The summed E-state index contributed by atoms with van der Waals surface area (Å²) in [5.41, 5.74) is 1.69. The Bertz CT molecular complexity index is 581. The van der Waals surface area contributed by atoms with Gasteiger partial charge < -0.3 is 15.4 Å². The van der Waals surface area contributed by atoms with Crippen LogP contribution >= 0.6 is 12.4 Å². The van der Waals surface area contributed by atoms with Gasteiger partial charge in [-0.05, 0) is 18.2 Å². The Kier molecular flexibility index (Phi) is 4.94. The molecule has 1 aliphatic heterocycles. The van der Waals surface area contributed by atoms with Crippen LogP contribution in [-0.4, -0.2) is 41.9 Å². The van der Waals surface area contributed by atoms with Gasteiger partial charge in [0.05, 0.1) is 24.9 Å². The third-order valence-electron chi connectivity index (χ3n) is 3.16. The van der Waals surface area contributed by atoms with Crippen molar-refractivity contribution in [3.05, 3.63) is 24.4 Å². The Morgan fingerprint density at radius 2 is 2.40 bits per heavy atom. The summed E-state index contributed by atoms with van der Waals surface area (Å²) in [5.74, 6) is -0.0122. The molecule has 20 heavy (non-hydrogen) atoms. The summed E-state index contributed by atoms with van der Waals surface area (Å²) in [6.45, 7) is 2.11. The molecule has 1 amide bonds. The lowest BCUT2D eigenvalue weighted by Crippen LogP contribution is -2.43. The normalized spacial score (nSPS) is 18.5. The Labute approximate surface area is 122 Å². The minimum Gasteiger partial charge on any atom is -0.378 e. The molecule has 1 atom stereocenters. The van der Waals surface area contributed by atoms with Crippen molar-refractivity contribution in [1.82, 2.24) is 15.5 Å². The number of ether oxygens (including phenoxy) is 1. The molecule has 1 unspecified atom stereocenters. The van der Waals surface area contributed by atoms with Gasteiger partial charge in [-0.1, -0.05) is 0 Å². The summed E-state index contributed by atoms with van der Waals surface area (Å²) in [6, 6.07) is 5.78. The number of nitrogens with zero attached hydrogens (tertiary/aromatic N) is 1. The van der Waals surface area contributed by atoms with Crippen LogP contribution in [0.5, 0.6) is 0 Å². The summed E-state index contributed by atoms with van der Waals surface area (Å²) in [5, 5.41) is 14.0. The number of nitrogens with one attached hydrogen (secondary N) is 3. The van der Waals surface area contributed by atoms with Crippen molar-refractivity contribution in [2.75, 3.05) is 25.1 Å². The molecule has 3 rings (SSSR count). The van der Waals surface area contributed by atoms with E-state index in [1.54, 1.807) is 6.20 Å². The summed E-state index contributed by atoms with van der Waals surface area (Å²) in [6.07, 6.45) is 2.17. The SMILES string of the molecule is Cl.O=C(CC1COCCN1)Nc1ccc2cn[nH]c2c1. The van der Waals surface area contributed by atoms with E-state index in [2.05, 4.69) is 20.8 Å². The first-order chi connectivity index (χ1) is 9.31. The van der Waals surface area contributed by atoms with Crippen LogP contribution < -0.4 is 10.6 Å². The minimum atomic E-state index is -0.0122. The quantitative estimate of drug-likeness (QED) is 0.798. The average molecular weight is 297 g/mol. The second-order valence-electron chi connectivity index (χ2n) is 4.65. The summed E-state index contributed by atoms with van der Waals surface area (Å²) in [7, 11) is 0. The molecule has 1 saturated heterocycles. The van der Waals surface area contributed by atoms with Crippen LogP contribution in [0.2, 0.25) is 0 Å². The first-order valence-corrected chi connectivity index (χ1v) is 6.35. The number of halogens is 1. The van der Waals surface area contributed by atoms with Crippen molar-refractivity contribution < 1.29 is 9.53 Å². The van der Waals surface area contributed by atoms with E-state index in [1.807, 2.05) is 18.2 Å². The topological polar surface area (TPSA) is 79.0 Å². The van der Waals surface area contributed by atoms with Crippen molar-refractivity contribution >= 4 is 34.9 Å². The molecular weight excluding hydrogens is 280 g/mol. The maximum atomic E-state index is 11.9. The number of morpholine rings is 1. The minimum absolute atomic E-state index is 0. The van der Waals surface area contributed by atoms with E-state index in [-0.39, 0.29) is 24.4 Å². The zero-order valence-corrected chi connectivity index (χ0v) is 11.7. The summed E-state index contributed by atoms with van der Waals surface area (Å²) < 4.78 is 5.32. The molecule has 2 heterocycles. The van der Waals surface area contributed by atoms with Gasteiger partial charge in [-0.2, -0.15) is 5.10 Å². The second kappa shape index (κ2) is 6.69. The van der Waals surface area contributed by atoms with E-state index < -0.39 is 0 Å². The number of fused-ring (bicyclic) bond motifs is 1. The van der Waals surface area contributed by atoms with Gasteiger partial charge in [0.1, 0.15) is 0 Å². The monoisotopic (exact) mass is 296 g/mol. The second-order valence-corrected chi connectivity index (χ2v) is 4.65. The molecule has 0 bridgehead atoms. The molecule has 0 aliphatic carbocycles. The fraction of sp³-hybridized carbons (Fsp3) is 0.385. The number of rotatable bonds is 3. The molecule has 7 heteroatoms. The van der Waals surface area contributed by atoms with Crippen LogP contribution in [0.3, 0.4) is 0 Å². The van der Waals surface area contributed by atoms with Crippen LogP contribution in [0.4, 0.5) is 5.69 Å². The van der Waals surface area contributed by atoms with Crippen LogP contribution in [0.25, 0.3) is 10.9 Å². The van der Waals surface area contributed by atoms with E-state index in [4.69, 9.17) is 4.74 Å². The maximum Gasteiger partial charge on any atom is 0.226 e. The first-order valence-electron chi connectivity index (χ1n) is 6.35. The molecular formula is C13H17ClN4O2. The van der Waals surface area contributed by atoms with Gasteiger partial charge in [0, 0.05) is 30.1 Å². The predicted molar refractivity (Wildman–Crippen MR) is 79.2 cm³/mol. The number of H-pyrrole nitrogens is 1. The van der Waals surface area contributed by atoms with Gasteiger partial charge in [0.15, 0.2) is 0 Å². The fourth-order valence-corrected chi connectivity index (χ4v) is 2.20. The van der Waals surface area contributed by atoms with E-state index >= 15 is 0 Å². The molecule has 0 radical (unpaired) electrons. The molecule has 1 aromatic heterocycles. The number of aromatic amines is 1. The van der Waals surface area contributed by atoms with E-state index in [9.17, 15) is 4.79 Å². The van der Waals surface area contributed by atoms with Gasteiger partial charge in [-0.3, -0.25) is 9.89 Å². The van der Waals surface area contributed by atoms with Crippen LogP contribution in [-0.2, 0) is 9.53 Å². The number of carbonyl (C=O) groups is 1. The number of benzene rings is 1. The third-order valence-corrected chi connectivity index (χ3v) is 3.16. The highest BCUT2D eigenvalue weighted by molar-refractivity contribution is 5.93. The molecule has 3 N–H and O–H groups in total. The van der Waals surface area contributed by atoms with Gasteiger partial charge >= 0.3 is 0 Å². The third kappa shape index (κ3) is 3.47. The number of anilines is 1. The average Bonchev–Trinajstić information content (AvgIpc) is 2.87. The lowest BCUT2D eigenvalue weighted by Gasteiger charge is -2.23. The predicted octanol–water partition coefficient (Wildman–Crippen LogP) is 1.30. The molecule has 0 saturated carbocycles. The zero-order chi connectivity index (χ0) is 13.1. The van der Waals surface area contributed by atoms with Crippen LogP contribution in [0, 0.1) is 0 Å². The number of carbonyl (C=O) groups excluding carboxylic acids is 1. The van der Waals surface area contributed by atoms with E-state index in [0.717, 1.165) is 23.1 Å². The van der Waals surface area contributed by atoms with Gasteiger partial charge in [-0.25, -0.2) is 0 Å². The van der Waals surface area contributed by atoms with Crippen molar-refractivity contribution in [2.45, 2.75) is 12.5 Å². The molecule has 0 spiro atoms. The molecule has 2 aromatic rings. The molecule has 1 aliphatic rings. The largest absolute Gasteiger partial charge is 0.378 e. The summed E-state index contributed by atoms with van der Waals surface area (Å²) in [4.78, 5) is 11.9. The standard InChI is InChI=1S/C13H16N4O2.ClH/c18-13(6-11-8-19-4-3-14-11)16-10-2-1-9-7-15-17-12(9)5-10;/h1-2,5,7,11,14H,3-4,6,8H2,(H,15,17)(H,16,18);1H. The first kappa shape index (κ1) is 14.8. The highest BCUT2D eigenvalue weighted by Crippen LogP contribution is 2.16. The maximum absolute atomic E-state index is 11.9. The number of aromatic nitrogens is 2. The van der Waals surface area contributed by atoms with Gasteiger partial charge in [0.25, 0.3) is 0 Å². The lowest BCUT2D eigenvalue weighted by atomic mass is 10.2. The van der Waals surface area contributed by atoms with Crippen LogP contribution in [0.1, 0.15) is 6.42 Å². The number of hydrogen-bond acceptors (Lipinski definition) is 4. The Balaban J connectivity index is 0.00000147. The highest BCUT2D eigenvalue weighted by Gasteiger charge is 2.16. The van der Waals surface area contributed by atoms with Crippen molar-refractivity contribution in [3.8, 4) is 0 Å². The number of hydrogen-bond donors (Lipinski definition) is 3. The van der Waals surface area contributed by atoms with E-state index in [1.165, 1.54) is 0 Å². The van der Waals surface area contributed by atoms with Crippen molar-refractivity contribution in [3.63, 3.8) is 0 Å². The number of amides is 1. The molecule has 108 valence electrons. The van der Waals surface area contributed by atoms with Gasteiger partial charge in [-0.15, -0.1) is 12.4 Å². The van der Waals surface area contributed by atoms with Crippen LogP contribution in [0.15, 0.2) is 24.4 Å². The highest BCUT2D eigenvalue weighted by atomic mass is 35.5. The van der Waals surface area contributed by atoms with E-state index in [0.29, 0.717) is 19.6 Å². The Hall–Kier alpha value is -1.63. The lowest BCUT2D eigenvalue weighted by molar-refractivity contribution is -0.117. The van der Waals surface area contributed by atoms with Gasteiger partial charge in [0.2, 0.25) is 5.91 Å². The Morgan fingerprint density at radius 3 is 3.20 bits per heavy atom. The molecule has 6 nitrogen and oxygen atoms in total. The zero-order valence-electron chi connectivity index (χ0n) is 10.9. The van der Waals surface area contributed by atoms with Crippen molar-refractivity contribution in [1.29, 1.82) is 0 Å². The summed E-state index contributed by atoms with van der Waals surface area (Å²) >= 11 is 0. The Morgan fingerprint density at radius 1 is 1.50 bits per heavy atom. The smallest absolute Gasteiger partial charge is 0.226 e. The molecule has 1 aromatic carbocycles.